The molecule has 0 saturated carbocycles. The molecule has 1 aromatic rings. The molecule has 0 radical (unpaired) electrons. The third-order valence-electron chi connectivity index (χ3n) is 2.14. The van der Waals surface area contributed by atoms with Gasteiger partial charge in [-0.1, -0.05) is 0 Å². The zero-order valence-electron chi connectivity index (χ0n) is 9.69. The van der Waals surface area contributed by atoms with E-state index in [-0.39, 0.29) is 5.56 Å². The number of nitrogens with zero attached hydrogens (tertiary/aromatic N) is 2. The molecule has 1 aromatic heterocycles. The van der Waals surface area contributed by atoms with Crippen LogP contribution in [-0.2, 0) is 13.6 Å². The first-order valence-corrected chi connectivity index (χ1v) is 4.98. The van der Waals surface area contributed by atoms with Crippen molar-refractivity contribution in [3.63, 3.8) is 0 Å². The lowest BCUT2D eigenvalue weighted by molar-refractivity contribution is 0.0695. The van der Waals surface area contributed by atoms with Gasteiger partial charge in [0.25, 0.3) is 0 Å². The fourth-order valence-corrected chi connectivity index (χ4v) is 1.34. The van der Waals surface area contributed by atoms with Crippen molar-refractivity contribution in [1.29, 1.82) is 0 Å². The summed E-state index contributed by atoms with van der Waals surface area (Å²) in [6, 6.07) is 0. The molecule has 0 bridgehead atoms. The van der Waals surface area contributed by atoms with Gasteiger partial charge in [0.2, 0.25) is 0 Å². The van der Waals surface area contributed by atoms with Crippen molar-refractivity contribution in [2.75, 3.05) is 6.54 Å². The van der Waals surface area contributed by atoms with Crippen LogP contribution in [0.1, 0.15) is 29.9 Å². The number of rotatable bonds is 5. The third kappa shape index (κ3) is 3.32. The summed E-state index contributed by atoms with van der Waals surface area (Å²) in [6.07, 6.45) is 1.32. The van der Waals surface area contributed by atoms with Crippen molar-refractivity contribution >= 4 is 5.97 Å². The number of hydrogen-bond donors (Lipinski definition) is 3. The van der Waals surface area contributed by atoms with E-state index in [1.165, 1.54) is 10.9 Å². The van der Waals surface area contributed by atoms with Gasteiger partial charge in [0.15, 0.2) is 0 Å². The Hall–Kier alpha value is -1.40. The van der Waals surface area contributed by atoms with Crippen LogP contribution in [0.3, 0.4) is 0 Å². The fourth-order valence-electron chi connectivity index (χ4n) is 1.34. The Morgan fingerprint density at radius 1 is 1.62 bits per heavy atom. The van der Waals surface area contributed by atoms with Crippen LogP contribution in [0.25, 0.3) is 0 Å². The van der Waals surface area contributed by atoms with Crippen LogP contribution < -0.4 is 5.32 Å². The van der Waals surface area contributed by atoms with Gasteiger partial charge in [-0.2, -0.15) is 5.10 Å². The maximum atomic E-state index is 10.9. The van der Waals surface area contributed by atoms with Gasteiger partial charge in [0.1, 0.15) is 5.56 Å². The Bertz CT molecular complexity index is 379. The quantitative estimate of drug-likeness (QED) is 0.658. The number of aromatic nitrogens is 2. The molecular formula is C10H17N3O3. The minimum absolute atomic E-state index is 0.186. The lowest BCUT2D eigenvalue weighted by Gasteiger charge is -2.17. The topological polar surface area (TPSA) is 87.4 Å². The second-order valence-electron chi connectivity index (χ2n) is 4.35. The Morgan fingerprint density at radius 2 is 2.25 bits per heavy atom. The SMILES string of the molecule is Cn1ncc(C(=O)O)c1CNCC(C)(C)O. The minimum atomic E-state index is -0.992. The number of hydrogen-bond acceptors (Lipinski definition) is 4. The van der Waals surface area contributed by atoms with E-state index in [4.69, 9.17) is 5.11 Å². The van der Waals surface area contributed by atoms with Gasteiger partial charge >= 0.3 is 5.97 Å². The standard InChI is InChI=1S/C10H17N3O3/c1-10(2,16)6-11-5-8-7(9(14)15)4-12-13(8)3/h4,11,16H,5-6H2,1-3H3,(H,14,15). The van der Waals surface area contributed by atoms with E-state index in [2.05, 4.69) is 10.4 Å². The maximum absolute atomic E-state index is 10.9. The predicted octanol–water partition coefficient (Wildman–Crippen LogP) is -0.0212. The van der Waals surface area contributed by atoms with Crippen molar-refractivity contribution in [2.24, 2.45) is 7.05 Å². The first kappa shape index (κ1) is 12.7. The monoisotopic (exact) mass is 227 g/mol. The number of nitrogens with one attached hydrogen (secondary N) is 1. The maximum Gasteiger partial charge on any atom is 0.339 e. The van der Waals surface area contributed by atoms with Gasteiger partial charge in [-0.15, -0.1) is 0 Å². The molecule has 0 aromatic carbocycles. The molecule has 90 valence electrons. The molecule has 0 saturated heterocycles. The van der Waals surface area contributed by atoms with Gasteiger partial charge < -0.3 is 15.5 Å². The average Bonchev–Trinajstić information content (AvgIpc) is 2.46. The summed E-state index contributed by atoms with van der Waals surface area (Å²) in [5, 5.41) is 25.3. The first-order valence-electron chi connectivity index (χ1n) is 4.98. The zero-order valence-corrected chi connectivity index (χ0v) is 9.69. The predicted molar refractivity (Wildman–Crippen MR) is 58.2 cm³/mol. The molecule has 0 spiro atoms. The summed E-state index contributed by atoms with van der Waals surface area (Å²) in [6.45, 7) is 4.11. The van der Waals surface area contributed by atoms with Gasteiger partial charge in [-0.3, -0.25) is 4.68 Å². The Balaban J connectivity index is 2.66. The highest BCUT2D eigenvalue weighted by Gasteiger charge is 2.16. The second kappa shape index (κ2) is 4.63. The molecule has 16 heavy (non-hydrogen) atoms. The summed E-state index contributed by atoms with van der Waals surface area (Å²) >= 11 is 0. The van der Waals surface area contributed by atoms with Crippen molar-refractivity contribution in [3.8, 4) is 0 Å². The van der Waals surface area contributed by atoms with E-state index < -0.39 is 11.6 Å². The van der Waals surface area contributed by atoms with E-state index in [1.54, 1.807) is 20.9 Å². The van der Waals surface area contributed by atoms with E-state index in [1.807, 2.05) is 0 Å². The number of aromatic carboxylic acids is 1. The lowest BCUT2D eigenvalue weighted by Crippen LogP contribution is -2.35. The normalized spacial score (nSPS) is 11.8. The van der Waals surface area contributed by atoms with Crippen LogP contribution >= 0.6 is 0 Å². The molecule has 0 fully saturated rings. The molecule has 0 unspecified atom stereocenters. The van der Waals surface area contributed by atoms with Crippen LogP contribution in [-0.4, -0.2) is 38.1 Å². The van der Waals surface area contributed by atoms with Crippen LogP contribution in [0.5, 0.6) is 0 Å². The molecular weight excluding hydrogens is 210 g/mol. The molecule has 0 aliphatic heterocycles. The highest BCUT2D eigenvalue weighted by Crippen LogP contribution is 2.07. The summed E-state index contributed by atoms with van der Waals surface area (Å²) in [4.78, 5) is 10.9. The Labute approximate surface area is 93.9 Å². The van der Waals surface area contributed by atoms with Crippen molar-refractivity contribution in [2.45, 2.75) is 26.0 Å². The first-order chi connectivity index (χ1) is 7.31. The molecule has 0 aliphatic rings. The van der Waals surface area contributed by atoms with E-state index >= 15 is 0 Å². The summed E-state index contributed by atoms with van der Waals surface area (Å²) in [5.74, 6) is -0.992. The number of carboxylic acids is 1. The number of carboxylic acid groups (broad SMARTS) is 1. The highest BCUT2D eigenvalue weighted by molar-refractivity contribution is 5.88. The molecule has 3 N–H and O–H groups in total. The molecule has 6 nitrogen and oxygen atoms in total. The van der Waals surface area contributed by atoms with Crippen LogP contribution in [0.2, 0.25) is 0 Å². The number of aryl methyl sites for hydroxylation is 1. The Morgan fingerprint density at radius 3 is 2.75 bits per heavy atom. The minimum Gasteiger partial charge on any atom is -0.478 e. The highest BCUT2D eigenvalue weighted by atomic mass is 16.4. The van der Waals surface area contributed by atoms with Crippen LogP contribution in [0, 0.1) is 0 Å². The molecule has 0 atom stereocenters. The van der Waals surface area contributed by atoms with E-state index in [0.29, 0.717) is 18.8 Å². The lowest BCUT2D eigenvalue weighted by atomic mass is 10.1. The van der Waals surface area contributed by atoms with Crippen LogP contribution in [0.4, 0.5) is 0 Å². The molecule has 0 amide bonds. The number of aliphatic hydroxyl groups is 1. The van der Waals surface area contributed by atoms with Gasteiger partial charge in [0.05, 0.1) is 17.5 Å². The fraction of sp³-hybridized carbons (Fsp3) is 0.600. The summed E-state index contributed by atoms with van der Waals surface area (Å²) < 4.78 is 1.51. The van der Waals surface area contributed by atoms with Gasteiger partial charge in [0, 0.05) is 20.1 Å². The molecule has 1 rings (SSSR count). The molecule has 0 aliphatic carbocycles. The van der Waals surface area contributed by atoms with Gasteiger partial charge in [-0.05, 0) is 13.8 Å². The van der Waals surface area contributed by atoms with Crippen molar-refractivity contribution in [3.05, 3.63) is 17.5 Å². The second-order valence-corrected chi connectivity index (χ2v) is 4.35. The van der Waals surface area contributed by atoms with Gasteiger partial charge in [-0.25, -0.2) is 4.79 Å². The zero-order chi connectivity index (χ0) is 12.3. The van der Waals surface area contributed by atoms with E-state index in [0.717, 1.165) is 0 Å². The summed E-state index contributed by atoms with van der Waals surface area (Å²) in [5.41, 5.74) is -0.0374. The largest absolute Gasteiger partial charge is 0.478 e. The van der Waals surface area contributed by atoms with E-state index in [9.17, 15) is 9.90 Å². The molecule has 6 heteroatoms. The molecule has 1 heterocycles. The third-order valence-corrected chi connectivity index (χ3v) is 2.14. The van der Waals surface area contributed by atoms with Crippen molar-refractivity contribution in [1.82, 2.24) is 15.1 Å². The Kier molecular flexibility index (Phi) is 3.66. The number of carbonyl (C=O) groups is 1. The van der Waals surface area contributed by atoms with Crippen molar-refractivity contribution < 1.29 is 15.0 Å². The summed E-state index contributed by atoms with van der Waals surface area (Å²) in [7, 11) is 1.69. The average molecular weight is 227 g/mol. The van der Waals surface area contributed by atoms with Crippen LogP contribution in [0.15, 0.2) is 6.20 Å². The smallest absolute Gasteiger partial charge is 0.339 e.